The average Bonchev–Trinajstić information content (AvgIpc) is 3.17. The third-order valence-electron chi connectivity index (χ3n) is 5.28. The van der Waals surface area contributed by atoms with E-state index in [1.807, 2.05) is 0 Å². The van der Waals surface area contributed by atoms with E-state index in [2.05, 4.69) is 10.1 Å². The van der Waals surface area contributed by atoms with Crippen molar-refractivity contribution in [1.82, 2.24) is 10.2 Å². The molecule has 178 valence electrons. The molecule has 1 atom stereocenters. The molecule has 0 unspecified atom stereocenters. The molecule has 1 aliphatic heterocycles. The van der Waals surface area contributed by atoms with Gasteiger partial charge in [0.2, 0.25) is 5.91 Å². The summed E-state index contributed by atoms with van der Waals surface area (Å²) in [6.07, 6.45) is -5.10. The van der Waals surface area contributed by atoms with Gasteiger partial charge < -0.3 is 19.7 Å². The van der Waals surface area contributed by atoms with Gasteiger partial charge in [-0.25, -0.2) is 4.39 Å². The van der Waals surface area contributed by atoms with Crippen LogP contribution in [0.15, 0.2) is 18.2 Å². The van der Waals surface area contributed by atoms with Gasteiger partial charge in [0.25, 0.3) is 5.91 Å². The van der Waals surface area contributed by atoms with Crippen molar-refractivity contribution in [2.45, 2.75) is 37.8 Å². The van der Waals surface area contributed by atoms with Gasteiger partial charge in [-0.15, -0.1) is 13.2 Å². The van der Waals surface area contributed by atoms with Crippen LogP contribution in [0.1, 0.15) is 19.3 Å². The van der Waals surface area contributed by atoms with Crippen LogP contribution in [0.2, 0.25) is 5.02 Å². The van der Waals surface area contributed by atoms with Crippen molar-refractivity contribution >= 4 is 23.4 Å². The van der Waals surface area contributed by atoms with E-state index in [9.17, 15) is 27.2 Å². The Kier molecular flexibility index (Phi) is 8.18. The number of alkyl halides is 3. The fraction of sp³-hybridized carbons (Fsp3) is 0.600. The van der Waals surface area contributed by atoms with Crippen molar-refractivity contribution < 1.29 is 41.4 Å². The van der Waals surface area contributed by atoms with Crippen LogP contribution in [0, 0.1) is 11.7 Å². The zero-order valence-electron chi connectivity index (χ0n) is 17.0. The summed E-state index contributed by atoms with van der Waals surface area (Å²) in [7, 11) is 0. The Balaban J connectivity index is 1.27. The van der Waals surface area contributed by atoms with Crippen LogP contribution in [-0.2, 0) is 19.1 Å². The Morgan fingerprint density at radius 3 is 2.62 bits per heavy atom. The molecule has 0 radical (unpaired) electrons. The summed E-state index contributed by atoms with van der Waals surface area (Å²) in [5, 5.41) is 2.67. The summed E-state index contributed by atoms with van der Waals surface area (Å²) >= 11 is 5.58. The highest BCUT2D eigenvalue weighted by Crippen LogP contribution is 2.32. The minimum absolute atomic E-state index is 0.0418. The van der Waals surface area contributed by atoms with Gasteiger partial charge in [0.1, 0.15) is 18.2 Å². The molecule has 1 saturated heterocycles. The van der Waals surface area contributed by atoms with Crippen LogP contribution < -0.4 is 10.1 Å². The summed E-state index contributed by atoms with van der Waals surface area (Å²) in [5.74, 6) is -1.02. The molecule has 1 aliphatic carbocycles. The lowest BCUT2D eigenvalue weighted by Crippen LogP contribution is -2.42. The molecule has 2 fully saturated rings. The third-order valence-corrected chi connectivity index (χ3v) is 5.59. The molecule has 1 N–H and O–H groups in total. The molecule has 1 saturated carbocycles. The van der Waals surface area contributed by atoms with Gasteiger partial charge in [-0.1, -0.05) is 11.6 Å². The lowest BCUT2D eigenvalue weighted by atomic mass is 9.92. The van der Waals surface area contributed by atoms with Gasteiger partial charge in [-0.2, -0.15) is 0 Å². The van der Waals surface area contributed by atoms with Gasteiger partial charge in [-0.3, -0.25) is 14.3 Å². The van der Waals surface area contributed by atoms with E-state index in [1.54, 1.807) is 4.90 Å². The monoisotopic (exact) mass is 482 g/mol. The highest BCUT2D eigenvalue weighted by molar-refractivity contribution is 6.30. The average molecular weight is 483 g/mol. The Morgan fingerprint density at radius 1 is 1.19 bits per heavy atom. The van der Waals surface area contributed by atoms with Crippen molar-refractivity contribution in [2.75, 3.05) is 32.8 Å². The maximum Gasteiger partial charge on any atom is 0.522 e. The summed E-state index contributed by atoms with van der Waals surface area (Å²) in [6, 6.07) is 3.87. The standard InChI is InChI=1S/C20H23ClF4N2O5/c21-16-2-1-13(7-17(16)22)30-10-18(28)26-8-12-3-4-27(9-12)19(29)11-31-14-5-15(6-14)32-20(23,24)25/h1-2,7,12,14-15H,3-6,8-11H2,(H,26,28)/t12-,14-,15+/m0/s1. The number of rotatable bonds is 9. The summed E-state index contributed by atoms with van der Waals surface area (Å²) in [5.41, 5.74) is 0. The predicted octanol–water partition coefficient (Wildman–Crippen LogP) is 2.91. The van der Waals surface area contributed by atoms with E-state index in [-0.39, 0.29) is 54.6 Å². The van der Waals surface area contributed by atoms with Gasteiger partial charge in [0.05, 0.1) is 17.2 Å². The maximum atomic E-state index is 13.4. The fourth-order valence-electron chi connectivity index (χ4n) is 3.47. The minimum atomic E-state index is -4.66. The zero-order valence-corrected chi connectivity index (χ0v) is 17.8. The van der Waals surface area contributed by atoms with Crippen LogP contribution in [0.4, 0.5) is 17.6 Å². The number of nitrogens with one attached hydrogen (secondary N) is 1. The molecule has 0 spiro atoms. The van der Waals surface area contributed by atoms with Gasteiger partial charge in [0, 0.05) is 38.5 Å². The van der Waals surface area contributed by atoms with Crippen LogP contribution in [-0.4, -0.2) is 68.1 Å². The Hall–Kier alpha value is -2.11. The van der Waals surface area contributed by atoms with Crippen LogP contribution >= 0.6 is 11.6 Å². The van der Waals surface area contributed by atoms with E-state index < -0.39 is 24.4 Å². The van der Waals surface area contributed by atoms with Crippen molar-refractivity contribution in [3.8, 4) is 5.75 Å². The second-order valence-corrected chi connectivity index (χ2v) is 8.16. The Bertz CT molecular complexity index is 820. The van der Waals surface area contributed by atoms with Crippen molar-refractivity contribution in [3.05, 3.63) is 29.0 Å². The van der Waals surface area contributed by atoms with E-state index >= 15 is 0 Å². The highest BCUT2D eigenvalue weighted by atomic mass is 35.5. The molecule has 0 aromatic heterocycles. The highest BCUT2D eigenvalue weighted by Gasteiger charge is 2.41. The first kappa shape index (κ1) is 24.5. The number of halogens is 5. The summed E-state index contributed by atoms with van der Waals surface area (Å²) in [6.45, 7) is 0.809. The number of nitrogens with zero attached hydrogens (tertiary/aromatic N) is 1. The first-order valence-electron chi connectivity index (χ1n) is 10.1. The number of ether oxygens (including phenoxy) is 3. The molecule has 2 amide bonds. The minimum Gasteiger partial charge on any atom is -0.484 e. The number of carbonyl (C=O) groups excluding carboxylic acids is 2. The molecule has 0 bridgehead atoms. The van der Waals surface area contributed by atoms with E-state index in [0.717, 1.165) is 6.07 Å². The van der Waals surface area contributed by atoms with Crippen LogP contribution in [0.3, 0.4) is 0 Å². The number of hydrogen-bond acceptors (Lipinski definition) is 5. The molecule has 3 rings (SSSR count). The van der Waals surface area contributed by atoms with Gasteiger partial charge in [-0.05, 0) is 24.5 Å². The van der Waals surface area contributed by atoms with Gasteiger partial charge in [0.15, 0.2) is 6.61 Å². The molecular weight excluding hydrogens is 460 g/mol. The van der Waals surface area contributed by atoms with Crippen LogP contribution in [0.25, 0.3) is 0 Å². The quantitative estimate of drug-likeness (QED) is 0.548. The summed E-state index contributed by atoms with van der Waals surface area (Å²) in [4.78, 5) is 25.8. The first-order valence-corrected chi connectivity index (χ1v) is 10.5. The van der Waals surface area contributed by atoms with Crippen LogP contribution in [0.5, 0.6) is 5.75 Å². The normalized spacial score (nSPS) is 23.0. The fourth-order valence-corrected chi connectivity index (χ4v) is 3.59. The molecule has 2 aliphatic rings. The number of hydrogen-bond donors (Lipinski definition) is 1. The predicted molar refractivity (Wildman–Crippen MR) is 105 cm³/mol. The number of likely N-dealkylation sites (tertiary alicyclic amines) is 1. The Morgan fingerprint density at radius 2 is 1.94 bits per heavy atom. The topological polar surface area (TPSA) is 77.1 Å². The maximum absolute atomic E-state index is 13.4. The molecule has 1 heterocycles. The SMILES string of the molecule is O=C(COc1ccc(Cl)c(F)c1)NC[C@@H]1CCN(C(=O)CO[C@H]2C[C@@H](OC(F)(F)F)C2)C1. The molecule has 12 heteroatoms. The Labute approximate surface area is 186 Å². The number of amides is 2. The lowest BCUT2D eigenvalue weighted by molar-refractivity contribution is -0.357. The molecule has 1 aromatic carbocycles. The second-order valence-electron chi connectivity index (χ2n) is 7.75. The van der Waals surface area contributed by atoms with E-state index in [4.69, 9.17) is 21.1 Å². The first-order chi connectivity index (χ1) is 15.1. The largest absolute Gasteiger partial charge is 0.522 e. The molecular formula is C20H23ClF4N2O5. The lowest BCUT2D eigenvalue weighted by Gasteiger charge is -2.35. The summed E-state index contributed by atoms with van der Waals surface area (Å²) < 4.78 is 64.1. The molecule has 32 heavy (non-hydrogen) atoms. The van der Waals surface area contributed by atoms with Crippen molar-refractivity contribution in [2.24, 2.45) is 5.92 Å². The van der Waals surface area contributed by atoms with Gasteiger partial charge >= 0.3 is 6.36 Å². The smallest absolute Gasteiger partial charge is 0.484 e. The second kappa shape index (κ2) is 10.7. The third kappa shape index (κ3) is 7.49. The molecule has 7 nitrogen and oxygen atoms in total. The number of carbonyl (C=O) groups is 2. The van der Waals surface area contributed by atoms with E-state index in [1.165, 1.54) is 12.1 Å². The van der Waals surface area contributed by atoms with Crippen molar-refractivity contribution in [3.63, 3.8) is 0 Å². The zero-order chi connectivity index (χ0) is 23.3. The molecule has 1 aromatic rings. The van der Waals surface area contributed by atoms with Crippen molar-refractivity contribution in [1.29, 1.82) is 0 Å². The van der Waals surface area contributed by atoms with E-state index in [0.29, 0.717) is 26.1 Å². The number of benzene rings is 1.